The molecule has 0 unspecified atom stereocenters. The molecule has 1 aromatic heterocycles. The van der Waals surface area contributed by atoms with E-state index >= 15 is 0 Å². The van der Waals surface area contributed by atoms with E-state index in [9.17, 15) is 4.79 Å². The topological polar surface area (TPSA) is 50.2 Å². The van der Waals surface area contributed by atoms with Crippen LogP contribution in [-0.4, -0.2) is 21.8 Å². The van der Waals surface area contributed by atoms with Gasteiger partial charge in [0.25, 0.3) is 0 Å². The summed E-state index contributed by atoms with van der Waals surface area (Å²) in [4.78, 5) is 14.7. The molecule has 1 rings (SSSR count). The Labute approximate surface area is 101 Å². The zero-order valence-electron chi connectivity index (χ0n) is 7.48. The molecule has 80 valence electrons. The first-order valence-electron chi connectivity index (χ1n) is 3.90. The number of aromatic nitrogens is 1. The van der Waals surface area contributed by atoms with E-state index < -0.39 is 5.97 Å². The van der Waals surface area contributed by atoms with Gasteiger partial charge in [-0.2, -0.15) is 0 Å². The summed E-state index contributed by atoms with van der Waals surface area (Å²) in [5.41, 5.74) is 1.48. The molecule has 1 N–H and O–H groups in total. The highest BCUT2D eigenvalue weighted by Crippen LogP contribution is 2.21. The molecule has 0 atom stereocenters. The molecule has 0 radical (unpaired) electrons. The minimum absolute atomic E-state index is 0.207. The normalized spacial score (nSPS) is 11.5. The molecule has 0 aliphatic carbocycles. The quantitative estimate of drug-likeness (QED) is 0.848. The molecule has 0 bridgehead atoms. The van der Waals surface area contributed by atoms with Crippen molar-refractivity contribution in [2.45, 2.75) is 5.03 Å². The molecule has 0 aromatic carbocycles. The number of rotatable bonds is 4. The van der Waals surface area contributed by atoms with Gasteiger partial charge in [0.15, 0.2) is 0 Å². The van der Waals surface area contributed by atoms with Crippen LogP contribution in [0.3, 0.4) is 0 Å². The van der Waals surface area contributed by atoms with Crippen LogP contribution in [0.15, 0.2) is 33.9 Å². The molecule has 6 heteroatoms. The summed E-state index contributed by atoms with van der Waals surface area (Å²) in [5.74, 6) is -0.501. The number of aromatic carboxylic acids is 1. The van der Waals surface area contributed by atoms with Gasteiger partial charge in [-0.25, -0.2) is 9.78 Å². The van der Waals surface area contributed by atoms with Crippen LogP contribution in [0.25, 0.3) is 0 Å². The van der Waals surface area contributed by atoms with Crippen LogP contribution in [0.5, 0.6) is 0 Å². The first-order chi connectivity index (χ1) is 7.13. The van der Waals surface area contributed by atoms with Crippen molar-refractivity contribution in [3.8, 4) is 0 Å². The molecule has 0 fully saturated rings. The first kappa shape index (κ1) is 12.4. The Morgan fingerprint density at radius 3 is 3.00 bits per heavy atom. The molecule has 0 aliphatic rings. The third-order valence-electron chi connectivity index (χ3n) is 1.46. The smallest absolute Gasteiger partial charge is 0.335 e. The highest BCUT2D eigenvalue weighted by Gasteiger charge is 2.04. The van der Waals surface area contributed by atoms with Gasteiger partial charge in [0, 0.05) is 22.5 Å². The predicted octanol–water partition coefficient (Wildman–Crippen LogP) is 3.19. The second-order valence-corrected chi connectivity index (χ2v) is 4.23. The van der Waals surface area contributed by atoms with Crippen LogP contribution >= 0.6 is 35.0 Å². The Morgan fingerprint density at radius 2 is 2.40 bits per heavy atom. The molecule has 0 amide bonds. The number of thioether (sulfide) groups is 1. The third kappa shape index (κ3) is 4.11. The fourth-order valence-corrected chi connectivity index (χ4v) is 1.84. The fourth-order valence-electron chi connectivity index (χ4n) is 0.796. The lowest BCUT2D eigenvalue weighted by molar-refractivity contribution is 0.0696. The van der Waals surface area contributed by atoms with Gasteiger partial charge < -0.3 is 5.11 Å². The number of hydrogen-bond donors (Lipinski definition) is 1. The first-order valence-corrected chi connectivity index (χ1v) is 5.70. The van der Waals surface area contributed by atoms with Gasteiger partial charge >= 0.3 is 5.97 Å². The van der Waals surface area contributed by atoms with E-state index in [0.29, 0.717) is 15.8 Å². The summed E-state index contributed by atoms with van der Waals surface area (Å²) < 4.78 is 0. The van der Waals surface area contributed by atoms with E-state index in [1.807, 2.05) is 0 Å². The summed E-state index contributed by atoms with van der Waals surface area (Å²) in [5, 5.41) is 9.83. The van der Waals surface area contributed by atoms with Crippen molar-refractivity contribution in [2.75, 3.05) is 5.75 Å². The Balaban J connectivity index is 2.70. The van der Waals surface area contributed by atoms with Gasteiger partial charge in [0.05, 0.1) is 10.6 Å². The maximum absolute atomic E-state index is 10.7. The molecule has 3 nitrogen and oxygen atoms in total. The summed E-state index contributed by atoms with van der Waals surface area (Å²) in [6.07, 6.45) is 1.45. The lowest BCUT2D eigenvalue weighted by Gasteiger charge is -2.00. The van der Waals surface area contributed by atoms with E-state index in [2.05, 4.69) is 4.98 Å². The molecule has 1 heterocycles. The lowest BCUT2D eigenvalue weighted by Crippen LogP contribution is -1.96. The molecule has 0 saturated heterocycles. The van der Waals surface area contributed by atoms with Crippen LogP contribution in [0.1, 0.15) is 10.4 Å². The van der Waals surface area contributed by atoms with Crippen molar-refractivity contribution in [1.29, 1.82) is 0 Å². The number of nitrogens with zero attached hydrogens (tertiary/aromatic N) is 1. The Hall–Kier alpha value is -0.710. The van der Waals surface area contributed by atoms with Crippen molar-refractivity contribution in [3.63, 3.8) is 0 Å². The second kappa shape index (κ2) is 6.00. The molecule has 0 aliphatic heterocycles. The monoisotopic (exact) mass is 263 g/mol. The summed E-state index contributed by atoms with van der Waals surface area (Å²) >= 11 is 12.4. The van der Waals surface area contributed by atoms with E-state index in [0.717, 1.165) is 0 Å². The van der Waals surface area contributed by atoms with Gasteiger partial charge in [0.2, 0.25) is 0 Å². The van der Waals surface area contributed by atoms with Crippen LogP contribution in [0, 0.1) is 0 Å². The highest BCUT2D eigenvalue weighted by atomic mass is 35.5. The molecule has 1 aromatic rings. The minimum atomic E-state index is -0.974. The fraction of sp³-hybridized carbons (Fsp3) is 0.111. The largest absolute Gasteiger partial charge is 0.478 e. The zero-order chi connectivity index (χ0) is 11.3. The van der Waals surface area contributed by atoms with Gasteiger partial charge in [0.1, 0.15) is 0 Å². The van der Waals surface area contributed by atoms with E-state index in [-0.39, 0.29) is 5.56 Å². The van der Waals surface area contributed by atoms with E-state index in [4.69, 9.17) is 28.3 Å². The van der Waals surface area contributed by atoms with Crippen molar-refractivity contribution in [3.05, 3.63) is 34.5 Å². The van der Waals surface area contributed by atoms with Gasteiger partial charge in [-0.15, -0.1) is 11.8 Å². The molecule has 0 saturated carbocycles. The van der Waals surface area contributed by atoms with Crippen molar-refractivity contribution in [2.24, 2.45) is 0 Å². The Bertz CT molecular complexity index is 395. The number of pyridine rings is 1. The molecular formula is C9H7Cl2NO2S. The Kier molecular flexibility index (Phi) is 4.94. The predicted molar refractivity (Wildman–Crippen MR) is 61.7 cm³/mol. The average Bonchev–Trinajstić information content (AvgIpc) is 2.26. The van der Waals surface area contributed by atoms with Crippen LogP contribution in [0.2, 0.25) is 0 Å². The van der Waals surface area contributed by atoms with E-state index in [1.54, 1.807) is 0 Å². The number of carbonyl (C=O) groups is 1. The van der Waals surface area contributed by atoms with Crippen LogP contribution in [-0.2, 0) is 0 Å². The average molecular weight is 264 g/mol. The number of hydrogen-bond acceptors (Lipinski definition) is 3. The van der Waals surface area contributed by atoms with Crippen LogP contribution < -0.4 is 0 Å². The van der Waals surface area contributed by atoms with Gasteiger partial charge in [-0.05, 0) is 12.1 Å². The van der Waals surface area contributed by atoms with Crippen molar-refractivity contribution >= 4 is 40.9 Å². The third-order valence-corrected chi connectivity index (χ3v) is 3.21. The standard InChI is InChI=1S/C9H7Cl2NO2S/c10-4-7(11)5-15-8-3-6(9(13)14)1-2-12-8/h1-4H,5H2,(H,13,14). The van der Waals surface area contributed by atoms with E-state index in [1.165, 1.54) is 35.6 Å². The van der Waals surface area contributed by atoms with Gasteiger partial charge in [-0.1, -0.05) is 23.2 Å². The lowest BCUT2D eigenvalue weighted by atomic mass is 10.3. The summed E-state index contributed by atoms with van der Waals surface area (Å²) in [6, 6.07) is 2.93. The Morgan fingerprint density at radius 1 is 1.67 bits per heavy atom. The maximum atomic E-state index is 10.7. The second-order valence-electron chi connectivity index (χ2n) is 2.53. The molecular weight excluding hydrogens is 257 g/mol. The molecule has 0 spiro atoms. The number of carboxylic acids is 1. The highest BCUT2D eigenvalue weighted by molar-refractivity contribution is 7.99. The number of halogens is 2. The zero-order valence-corrected chi connectivity index (χ0v) is 9.81. The SMILES string of the molecule is O=C(O)c1ccnc(SCC(Cl)=CCl)c1. The van der Waals surface area contributed by atoms with Crippen molar-refractivity contribution < 1.29 is 9.90 Å². The van der Waals surface area contributed by atoms with Crippen molar-refractivity contribution in [1.82, 2.24) is 4.98 Å². The van der Waals surface area contributed by atoms with Crippen LogP contribution in [0.4, 0.5) is 0 Å². The van der Waals surface area contributed by atoms with Gasteiger partial charge in [-0.3, -0.25) is 0 Å². The minimum Gasteiger partial charge on any atom is -0.478 e. The molecule has 15 heavy (non-hydrogen) atoms. The summed E-state index contributed by atoms with van der Waals surface area (Å²) in [6.45, 7) is 0. The summed E-state index contributed by atoms with van der Waals surface area (Å²) in [7, 11) is 0. The maximum Gasteiger partial charge on any atom is 0.335 e. The number of carboxylic acid groups (broad SMARTS) is 1.